The highest BCUT2D eigenvalue weighted by Crippen LogP contribution is 2.47. The summed E-state index contributed by atoms with van der Waals surface area (Å²) < 4.78 is 10.9. The molecule has 0 spiro atoms. The molecule has 1 aromatic heterocycles. The fraction of sp³-hybridized carbons (Fsp3) is 0.375. The summed E-state index contributed by atoms with van der Waals surface area (Å²) in [6, 6.07) is 9.02. The first-order chi connectivity index (χ1) is 9.60. The Morgan fingerprint density at radius 2 is 2.10 bits per heavy atom. The van der Waals surface area contributed by atoms with Gasteiger partial charge >= 0.3 is 0 Å². The molecule has 4 heteroatoms. The van der Waals surface area contributed by atoms with E-state index in [1.807, 2.05) is 12.1 Å². The van der Waals surface area contributed by atoms with Crippen LogP contribution in [0.5, 0.6) is 5.75 Å². The van der Waals surface area contributed by atoms with Gasteiger partial charge in [0.15, 0.2) is 0 Å². The number of halogens is 1. The summed E-state index contributed by atoms with van der Waals surface area (Å²) in [4.78, 5) is 0. The van der Waals surface area contributed by atoms with Crippen LogP contribution < -0.4 is 4.74 Å². The van der Waals surface area contributed by atoms with E-state index in [1.54, 1.807) is 25.3 Å². The van der Waals surface area contributed by atoms with Gasteiger partial charge in [0.2, 0.25) is 0 Å². The minimum Gasteiger partial charge on any atom is -0.495 e. The Morgan fingerprint density at radius 1 is 1.35 bits per heavy atom. The number of methoxy groups -OCH3 is 1. The molecule has 1 aromatic carbocycles. The quantitative estimate of drug-likeness (QED) is 0.920. The number of rotatable bonds is 4. The van der Waals surface area contributed by atoms with Gasteiger partial charge in [0.05, 0.1) is 12.1 Å². The van der Waals surface area contributed by atoms with Gasteiger partial charge in [-0.05, 0) is 42.2 Å². The molecule has 1 N–H and O–H groups in total. The second-order valence-corrected chi connectivity index (χ2v) is 5.76. The first-order valence-corrected chi connectivity index (χ1v) is 7.09. The van der Waals surface area contributed by atoms with E-state index in [9.17, 15) is 5.11 Å². The Kier molecular flexibility index (Phi) is 3.48. The van der Waals surface area contributed by atoms with Crippen molar-refractivity contribution in [1.29, 1.82) is 0 Å². The van der Waals surface area contributed by atoms with E-state index in [2.05, 4.69) is 6.92 Å². The summed E-state index contributed by atoms with van der Waals surface area (Å²) in [7, 11) is 1.55. The normalized spacial score (nSPS) is 22.6. The molecule has 0 bridgehead atoms. The third kappa shape index (κ3) is 2.43. The summed E-state index contributed by atoms with van der Waals surface area (Å²) in [5, 5.41) is 10.9. The van der Waals surface area contributed by atoms with Crippen molar-refractivity contribution in [3.8, 4) is 5.75 Å². The summed E-state index contributed by atoms with van der Waals surface area (Å²) in [5.74, 6) is 3.26. The predicted molar refractivity (Wildman–Crippen MR) is 77.3 cm³/mol. The number of hydrogen-bond donors (Lipinski definition) is 1. The zero-order chi connectivity index (χ0) is 14.3. The van der Waals surface area contributed by atoms with Gasteiger partial charge in [-0.15, -0.1) is 0 Å². The number of benzene rings is 1. The van der Waals surface area contributed by atoms with Crippen molar-refractivity contribution in [3.63, 3.8) is 0 Å². The van der Waals surface area contributed by atoms with Gasteiger partial charge in [-0.2, -0.15) is 0 Å². The van der Waals surface area contributed by atoms with Gasteiger partial charge in [0.25, 0.3) is 0 Å². The molecule has 0 aliphatic heterocycles. The highest BCUT2D eigenvalue weighted by Gasteiger charge is 2.37. The summed E-state index contributed by atoms with van der Waals surface area (Å²) >= 11 is 5.99. The van der Waals surface area contributed by atoms with Crippen LogP contribution in [0.25, 0.3) is 0 Å². The van der Waals surface area contributed by atoms with E-state index in [4.69, 9.17) is 20.8 Å². The first-order valence-electron chi connectivity index (χ1n) is 6.71. The van der Waals surface area contributed by atoms with Crippen molar-refractivity contribution in [2.45, 2.75) is 25.4 Å². The molecule has 1 fully saturated rings. The number of aliphatic hydroxyl groups excluding tert-OH is 1. The van der Waals surface area contributed by atoms with Crippen LogP contribution in [0, 0.1) is 5.92 Å². The topological polar surface area (TPSA) is 42.6 Å². The molecule has 1 aliphatic rings. The standard InChI is InChI=1S/C16H17ClO3/c1-9-7-11(9)13-5-6-14(20-13)16(18)10-3-4-12(17)15(8-10)19-2/h3-6,8-9,11,16,18H,7H2,1-2H3. The maximum Gasteiger partial charge on any atom is 0.137 e. The molecule has 3 nitrogen and oxygen atoms in total. The van der Waals surface area contributed by atoms with Crippen molar-refractivity contribution < 1.29 is 14.3 Å². The maximum atomic E-state index is 10.4. The summed E-state index contributed by atoms with van der Waals surface area (Å²) in [5.41, 5.74) is 0.705. The van der Waals surface area contributed by atoms with Gasteiger partial charge in [-0.3, -0.25) is 0 Å². The van der Waals surface area contributed by atoms with Crippen LogP contribution in [0.15, 0.2) is 34.7 Å². The Bertz CT molecular complexity index is 620. The first kappa shape index (κ1) is 13.5. The SMILES string of the molecule is COc1cc(C(O)c2ccc(C3CC3C)o2)ccc1Cl. The molecule has 3 atom stereocenters. The lowest BCUT2D eigenvalue weighted by Crippen LogP contribution is -1.98. The van der Waals surface area contributed by atoms with Gasteiger partial charge in [0.1, 0.15) is 23.4 Å². The predicted octanol–water partition coefficient (Wildman–Crippen LogP) is 4.15. The molecule has 3 rings (SSSR count). The zero-order valence-electron chi connectivity index (χ0n) is 11.5. The molecule has 1 aliphatic carbocycles. The summed E-state index contributed by atoms with van der Waals surface area (Å²) in [6.07, 6.45) is 0.363. The van der Waals surface area contributed by atoms with Crippen LogP contribution in [0.1, 0.15) is 42.5 Å². The number of hydrogen-bond acceptors (Lipinski definition) is 3. The molecule has 106 valence electrons. The van der Waals surface area contributed by atoms with Gasteiger partial charge in [-0.25, -0.2) is 0 Å². The van der Waals surface area contributed by atoms with E-state index in [0.29, 0.717) is 33.9 Å². The van der Waals surface area contributed by atoms with E-state index >= 15 is 0 Å². The monoisotopic (exact) mass is 292 g/mol. The fourth-order valence-corrected chi connectivity index (χ4v) is 2.64. The van der Waals surface area contributed by atoms with Gasteiger partial charge < -0.3 is 14.3 Å². The Labute approximate surface area is 123 Å². The lowest BCUT2D eigenvalue weighted by Gasteiger charge is -2.11. The number of aliphatic hydroxyl groups is 1. The lowest BCUT2D eigenvalue weighted by atomic mass is 10.1. The number of ether oxygens (including phenoxy) is 1. The van der Waals surface area contributed by atoms with Gasteiger partial charge in [0, 0.05) is 5.92 Å². The van der Waals surface area contributed by atoms with Crippen LogP contribution in [-0.4, -0.2) is 12.2 Å². The fourth-order valence-electron chi connectivity index (χ4n) is 2.44. The molecule has 1 heterocycles. The minimum atomic E-state index is -0.802. The Balaban J connectivity index is 1.84. The highest BCUT2D eigenvalue weighted by molar-refractivity contribution is 6.32. The highest BCUT2D eigenvalue weighted by atomic mass is 35.5. The molecular formula is C16H17ClO3. The van der Waals surface area contributed by atoms with Crippen molar-refractivity contribution >= 4 is 11.6 Å². The van der Waals surface area contributed by atoms with Crippen LogP contribution in [0.4, 0.5) is 0 Å². The molecule has 3 unspecified atom stereocenters. The van der Waals surface area contributed by atoms with Crippen LogP contribution in [0.3, 0.4) is 0 Å². The van der Waals surface area contributed by atoms with Crippen LogP contribution in [-0.2, 0) is 0 Å². The largest absolute Gasteiger partial charge is 0.495 e. The second kappa shape index (κ2) is 5.15. The molecule has 0 radical (unpaired) electrons. The Hall–Kier alpha value is -1.45. The third-order valence-electron chi connectivity index (χ3n) is 3.88. The molecule has 2 aromatic rings. The third-order valence-corrected chi connectivity index (χ3v) is 4.20. The molecule has 0 saturated heterocycles. The summed E-state index contributed by atoms with van der Waals surface area (Å²) in [6.45, 7) is 2.20. The number of furan rings is 1. The van der Waals surface area contributed by atoms with E-state index < -0.39 is 6.10 Å². The van der Waals surface area contributed by atoms with Gasteiger partial charge in [-0.1, -0.05) is 24.6 Å². The average molecular weight is 293 g/mol. The molecule has 1 saturated carbocycles. The average Bonchev–Trinajstić information content (AvgIpc) is 3.00. The molecular weight excluding hydrogens is 276 g/mol. The lowest BCUT2D eigenvalue weighted by molar-refractivity contribution is 0.186. The minimum absolute atomic E-state index is 0.510. The van der Waals surface area contributed by atoms with Crippen molar-refractivity contribution in [2.75, 3.05) is 7.11 Å². The Morgan fingerprint density at radius 3 is 2.75 bits per heavy atom. The second-order valence-electron chi connectivity index (χ2n) is 5.36. The zero-order valence-corrected chi connectivity index (χ0v) is 12.2. The molecule has 20 heavy (non-hydrogen) atoms. The van der Waals surface area contributed by atoms with Crippen molar-refractivity contribution in [1.82, 2.24) is 0 Å². The van der Waals surface area contributed by atoms with E-state index in [1.165, 1.54) is 0 Å². The van der Waals surface area contributed by atoms with E-state index in [-0.39, 0.29) is 0 Å². The van der Waals surface area contributed by atoms with Crippen LogP contribution >= 0.6 is 11.6 Å². The molecule has 0 amide bonds. The van der Waals surface area contributed by atoms with Crippen LogP contribution in [0.2, 0.25) is 5.02 Å². The maximum absolute atomic E-state index is 10.4. The van der Waals surface area contributed by atoms with Crippen molar-refractivity contribution in [2.24, 2.45) is 5.92 Å². The van der Waals surface area contributed by atoms with Crippen molar-refractivity contribution in [3.05, 3.63) is 52.4 Å². The smallest absolute Gasteiger partial charge is 0.137 e. The van der Waals surface area contributed by atoms with E-state index in [0.717, 1.165) is 12.2 Å².